The largest absolute Gasteiger partial charge is 0.496 e. The lowest BCUT2D eigenvalue weighted by atomic mass is 9.97. The van der Waals surface area contributed by atoms with Crippen molar-refractivity contribution in [1.29, 1.82) is 0 Å². The Morgan fingerprint density at radius 2 is 1.88 bits per heavy atom. The van der Waals surface area contributed by atoms with E-state index in [1.165, 1.54) is 22.3 Å². The van der Waals surface area contributed by atoms with Crippen molar-refractivity contribution in [3.05, 3.63) is 63.1 Å². The molecule has 3 rings (SSSR count). The van der Waals surface area contributed by atoms with Gasteiger partial charge < -0.3 is 9.64 Å². The first-order valence-corrected chi connectivity index (χ1v) is 10.3. The van der Waals surface area contributed by atoms with Crippen LogP contribution in [0.25, 0.3) is 0 Å². The molecule has 0 atom stereocenters. The normalized spacial score (nSPS) is 14.0. The van der Waals surface area contributed by atoms with Crippen LogP contribution in [0.4, 0.5) is 0 Å². The molecule has 0 spiro atoms. The van der Waals surface area contributed by atoms with Gasteiger partial charge in [-0.1, -0.05) is 48.0 Å². The highest BCUT2D eigenvalue weighted by molar-refractivity contribution is 9.10. The van der Waals surface area contributed by atoms with Gasteiger partial charge in [-0.3, -0.25) is 4.90 Å². The third-order valence-corrected chi connectivity index (χ3v) is 5.89. The summed E-state index contributed by atoms with van der Waals surface area (Å²) < 4.78 is 6.66. The predicted octanol–water partition coefficient (Wildman–Crippen LogP) is 4.71. The van der Waals surface area contributed by atoms with Crippen LogP contribution in [-0.2, 0) is 19.5 Å². The molecule has 0 unspecified atom stereocenters. The molecule has 1 aliphatic heterocycles. The Hall–Kier alpha value is -1.36. The summed E-state index contributed by atoms with van der Waals surface area (Å²) in [6, 6.07) is 13.0. The van der Waals surface area contributed by atoms with E-state index in [2.05, 4.69) is 63.8 Å². The number of ether oxygens (including phenoxy) is 1. The molecule has 4 heteroatoms. The summed E-state index contributed by atoms with van der Waals surface area (Å²) in [4.78, 5) is 5.07. The van der Waals surface area contributed by atoms with E-state index in [1.807, 2.05) is 12.1 Å². The molecule has 140 valence electrons. The van der Waals surface area contributed by atoms with Crippen molar-refractivity contribution >= 4 is 15.9 Å². The van der Waals surface area contributed by atoms with E-state index in [-0.39, 0.29) is 0 Å². The Morgan fingerprint density at radius 3 is 2.62 bits per heavy atom. The maximum absolute atomic E-state index is 5.57. The molecule has 3 nitrogen and oxygen atoms in total. The van der Waals surface area contributed by atoms with Crippen LogP contribution >= 0.6 is 15.9 Å². The van der Waals surface area contributed by atoms with E-state index in [0.29, 0.717) is 0 Å². The topological polar surface area (TPSA) is 15.7 Å². The summed E-state index contributed by atoms with van der Waals surface area (Å²) in [5.41, 5.74) is 5.64. The van der Waals surface area contributed by atoms with Crippen LogP contribution in [0.15, 0.2) is 40.9 Å². The lowest BCUT2D eigenvalue weighted by Crippen LogP contribution is -2.32. The number of methoxy groups -OCH3 is 1. The number of fused-ring (bicyclic) bond motifs is 1. The summed E-state index contributed by atoms with van der Waals surface area (Å²) in [7, 11) is 1.75. The van der Waals surface area contributed by atoms with Gasteiger partial charge in [-0.05, 0) is 53.5 Å². The van der Waals surface area contributed by atoms with Gasteiger partial charge in [0.1, 0.15) is 5.75 Å². The second-order valence-corrected chi connectivity index (χ2v) is 7.84. The first-order valence-electron chi connectivity index (χ1n) is 9.51. The first kappa shape index (κ1) is 19.4. The number of halogens is 1. The van der Waals surface area contributed by atoms with E-state index in [4.69, 9.17) is 4.74 Å². The zero-order valence-electron chi connectivity index (χ0n) is 16.1. The van der Waals surface area contributed by atoms with E-state index in [0.717, 1.165) is 55.9 Å². The molecule has 0 amide bonds. The molecule has 0 bridgehead atoms. The maximum Gasteiger partial charge on any atom is 0.122 e. The smallest absolute Gasteiger partial charge is 0.122 e. The predicted molar refractivity (Wildman–Crippen MR) is 112 cm³/mol. The average molecular weight is 417 g/mol. The molecule has 26 heavy (non-hydrogen) atoms. The van der Waals surface area contributed by atoms with Gasteiger partial charge in [-0.2, -0.15) is 0 Å². The van der Waals surface area contributed by atoms with E-state index in [9.17, 15) is 0 Å². The van der Waals surface area contributed by atoms with Crippen LogP contribution in [0, 0.1) is 0 Å². The zero-order valence-corrected chi connectivity index (χ0v) is 17.7. The molecule has 1 heterocycles. The van der Waals surface area contributed by atoms with Crippen molar-refractivity contribution in [2.45, 2.75) is 33.4 Å². The van der Waals surface area contributed by atoms with Crippen LogP contribution in [0.3, 0.4) is 0 Å². The van der Waals surface area contributed by atoms with Gasteiger partial charge in [0.2, 0.25) is 0 Å². The second-order valence-electron chi connectivity index (χ2n) is 6.93. The highest BCUT2D eigenvalue weighted by atomic mass is 79.9. The molecular formula is C22H29BrN2O. The number of nitrogens with zero attached hydrogens (tertiary/aromatic N) is 2. The molecule has 0 aliphatic carbocycles. The Morgan fingerprint density at radius 1 is 1.08 bits per heavy atom. The molecule has 0 fully saturated rings. The minimum Gasteiger partial charge on any atom is -0.496 e. The third-order valence-electron chi connectivity index (χ3n) is 5.40. The number of likely N-dealkylation sites (N-methyl/N-ethyl adjacent to an activating group) is 1. The lowest BCUT2D eigenvalue weighted by molar-refractivity contribution is 0.216. The summed E-state index contributed by atoms with van der Waals surface area (Å²) in [6.45, 7) is 11.2. The van der Waals surface area contributed by atoms with Crippen molar-refractivity contribution in [2.24, 2.45) is 0 Å². The SMILES string of the molecule is CCN(CC)CCN1Cc2cccc(Cc3cc(Br)ccc3OC)c2C1. The molecule has 1 aliphatic rings. The molecule has 0 N–H and O–H groups in total. The fourth-order valence-electron chi connectivity index (χ4n) is 3.80. The van der Waals surface area contributed by atoms with Gasteiger partial charge in [0, 0.05) is 37.1 Å². The summed E-state index contributed by atoms with van der Waals surface area (Å²) in [6.07, 6.45) is 0.912. The molecular weight excluding hydrogens is 388 g/mol. The Balaban J connectivity index is 1.74. The quantitative estimate of drug-likeness (QED) is 0.619. The van der Waals surface area contributed by atoms with E-state index in [1.54, 1.807) is 7.11 Å². The number of rotatable bonds is 8. The van der Waals surface area contributed by atoms with Crippen molar-refractivity contribution in [2.75, 3.05) is 33.3 Å². The molecule has 0 saturated carbocycles. The minimum absolute atomic E-state index is 0.912. The van der Waals surface area contributed by atoms with Crippen LogP contribution in [0.1, 0.15) is 36.1 Å². The Bertz CT molecular complexity index is 743. The van der Waals surface area contributed by atoms with Crippen LogP contribution in [0.5, 0.6) is 5.75 Å². The molecule has 0 aromatic heterocycles. The van der Waals surface area contributed by atoms with Crippen LogP contribution in [0.2, 0.25) is 0 Å². The number of hydrogen-bond acceptors (Lipinski definition) is 3. The highest BCUT2D eigenvalue weighted by Crippen LogP contribution is 2.31. The summed E-state index contributed by atoms with van der Waals surface area (Å²) in [5, 5.41) is 0. The molecule has 2 aromatic rings. The van der Waals surface area contributed by atoms with E-state index < -0.39 is 0 Å². The van der Waals surface area contributed by atoms with Crippen LogP contribution < -0.4 is 4.74 Å². The van der Waals surface area contributed by atoms with Crippen molar-refractivity contribution in [3.63, 3.8) is 0 Å². The van der Waals surface area contributed by atoms with Crippen molar-refractivity contribution < 1.29 is 4.74 Å². The summed E-state index contributed by atoms with van der Waals surface area (Å²) in [5.74, 6) is 0.960. The minimum atomic E-state index is 0.912. The fraction of sp³-hybridized carbons (Fsp3) is 0.455. The second kappa shape index (κ2) is 9.03. The molecule has 0 radical (unpaired) electrons. The zero-order chi connectivity index (χ0) is 18.5. The van der Waals surface area contributed by atoms with Gasteiger partial charge in [0.25, 0.3) is 0 Å². The van der Waals surface area contributed by atoms with Gasteiger partial charge >= 0.3 is 0 Å². The molecule has 2 aromatic carbocycles. The van der Waals surface area contributed by atoms with Crippen LogP contribution in [-0.4, -0.2) is 43.1 Å². The highest BCUT2D eigenvalue weighted by Gasteiger charge is 2.22. The third kappa shape index (κ3) is 4.48. The van der Waals surface area contributed by atoms with Gasteiger partial charge in [-0.25, -0.2) is 0 Å². The van der Waals surface area contributed by atoms with Gasteiger partial charge in [0.05, 0.1) is 7.11 Å². The number of benzene rings is 2. The van der Waals surface area contributed by atoms with Gasteiger partial charge in [-0.15, -0.1) is 0 Å². The Kier molecular flexibility index (Phi) is 6.74. The fourth-order valence-corrected chi connectivity index (χ4v) is 4.20. The van der Waals surface area contributed by atoms with Crippen molar-refractivity contribution in [1.82, 2.24) is 9.80 Å². The number of hydrogen-bond donors (Lipinski definition) is 0. The first-order chi connectivity index (χ1) is 12.6. The standard InChI is InChI=1S/C22H29BrN2O/c1-4-24(5-2)11-12-25-15-18-8-6-7-17(21(18)16-25)13-19-14-20(23)9-10-22(19)26-3/h6-10,14H,4-5,11-13,15-16H2,1-3H3. The van der Waals surface area contributed by atoms with Crippen molar-refractivity contribution in [3.8, 4) is 5.75 Å². The van der Waals surface area contributed by atoms with Gasteiger partial charge in [0.15, 0.2) is 0 Å². The summed E-state index contributed by atoms with van der Waals surface area (Å²) >= 11 is 3.59. The van der Waals surface area contributed by atoms with E-state index >= 15 is 0 Å². The molecule has 0 saturated heterocycles. The maximum atomic E-state index is 5.57. The average Bonchev–Trinajstić information content (AvgIpc) is 3.07. The Labute approximate surface area is 166 Å². The monoisotopic (exact) mass is 416 g/mol. The lowest BCUT2D eigenvalue weighted by Gasteiger charge is -2.22.